The number of esters is 1. The Kier molecular flexibility index (Phi) is 4.42. The van der Waals surface area contributed by atoms with Gasteiger partial charge in [0.05, 0.1) is 19.1 Å². The van der Waals surface area contributed by atoms with Gasteiger partial charge >= 0.3 is 5.97 Å². The van der Waals surface area contributed by atoms with Crippen LogP contribution in [-0.2, 0) is 22.4 Å². The molecule has 0 bridgehead atoms. The predicted molar refractivity (Wildman–Crippen MR) is 85.2 cm³/mol. The first-order chi connectivity index (χ1) is 10.8. The number of benzene rings is 2. The normalized spacial score (nSPS) is 14.0. The van der Waals surface area contributed by atoms with Crippen LogP contribution < -0.4 is 4.74 Å². The van der Waals surface area contributed by atoms with E-state index in [9.17, 15) is 4.79 Å². The number of ether oxygens (including phenoxy) is 2. The first kappa shape index (κ1) is 14.6. The second kappa shape index (κ2) is 6.65. The van der Waals surface area contributed by atoms with Crippen molar-refractivity contribution in [2.75, 3.05) is 13.2 Å². The van der Waals surface area contributed by atoms with Gasteiger partial charge in [0, 0.05) is 6.42 Å². The fraction of sp³-hybridized carbons (Fsp3) is 0.316. The van der Waals surface area contributed by atoms with Gasteiger partial charge in [-0.25, -0.2) is 0 Å². The Hall–Kier alpha value is -2.29. The molecule has 1 aliphatic heterocycles. The number of fused-ring (bicyclic) bond motifs is 1. The monoisotopic (exact) mass is 296 g/mol. The van der Waals surface area contributed by atoms with Crippen LogP contribution in [0.4, 0.5) is 0 Å². The van der Waals surface area contributed by atoms with Gasteiger partial charge in [0.1, 0.15) is 5.75 Å². The van der Waals surface area contributed by atoms with Gasteiger partial charge in [-0.3, -0.25) is 4.79 Å². The molecule has 1 heterocycles. The van der Waals surface area contributed by atoms with E-state index in [1.807, 2.05) is 49.4 Å². The molecule has 3 heteroatoms. The molecule has 0 radical (unpaired) electrons. The highest BCUT2D eigenvalue weighted by atomic mass is 16.5. The summed E-state index contributed by atoms with van der Waals surface area (Å²) in [5.41, 5.74) is 3.37. The summed E-state index contributed by atoms with van der Waals surface area (Å²) >= 11 is 0. The van der Waals surface area contributed by atoms with Crippen LogP contribution in [0, 0.1) is 0 Å². The van der Waals surface area contributed by atoms with Crippen molar-refractivity contribution >= 4 is 5.97 Å². The van der Waals surface area contributed by atoms with Crippen molar-refractivity contribution < 1.29 is 14.3 Å². The molecule has 2 aromatic carbocycles. The van der Waals surface area contributed by atoms with Crippen molar-refractivity contribution in [1.29, 1.82) is 0 Å². The summed E-state index contributed by atoms with van der Waals surface area (Å²) in [4.78, 5) is 12.3. The standard InChI is InChI=1S/C19H20O3/c1-2-21-19(20)17(15-6-4-3-5-7-15)13-14-8-9-18-16(12-14)10-11-22-18/h3-9,12,17H,2,10-11,13H2,1H3. The van der Waals surface area contributed by atoms with E-state index in [4.69, 9.17) is 9.47 Å². The molecule has 0 saturated heterocycles. The molecule has 114 valence electrons. The average Bonchev–Trinajstić information content (AvgIpc) is 3.01. The van der Waals surface area contributed by atoms with Crippen LogP contribution in [0.5, 0.6) is 5.75 Å². The summed E-state index contributed by atoms with van der Waals surface area (Å²) in [6, 6.07) is 16.0. The highest BCUT2D eigenvalue weighted by Crippen LogP contribution is 2.29. The second-order valence-electron chi connectivity index (χ2n) is 5.46. The average molecular weight is 296 g/mol. The van der Waals surface area contributed by atoms with Gasteiger partial charge in [-0.15, -0.1) is 0 Å². The van der Waals surface area contributed by atoms with Crippen molar-refractivity contribution in [2.45, 2.75) is 25.7 Å². The molecular formula is C19H20O3. The second-order valence-corrected chi connectivity index (χ2v) is 5.46. The van der Waals surface area contributed by atoms with E-state index in [0.717, 1.165) is 29.9 Å². The zero-order chi connectivity index (χ0) is 15.4. The third-order valence-corrected chi connectivity index (χ3v) is 3.97. The van der Waals surface area contributed by atoms with Crippen molar-refractivity contribution in [3.05, 3.63) is 65.2 Å². The molecule has 0 aliphatic carbocycles. The van der Waals surface area contributed by atoms with Crippen LogP contribution in [0.25, 0.3) is 0 Å². The van der Waals surface area contributed by atoms with E-state index in [2.05, 4.69) is 6.07 Å². The Labute approximate surface area is 130 Å². The minimum absolute atomic E-state index is 0.162. The zero-order valence-corrected chi connectivity index (χ0v) is 12.7. The number of hydrogen-bond donors (Lipinski definition) is 0. The molecule has 22 heavy (non-hydrogen) atoms. The lowest BCUT2D eigenvalue weighted by Gasteiger charge is -2.16. The van der Waals surface area contributed by atoms with Crippen molar-refractivity contribution in [3.63, 3.8) is 0 Å². The van der Waals surface area contributed by atoms with Gasteiger partial charge in [-0.1, -0.05) is 42.5 Å². The lowest BCUT2D eigenvalue weighted by Crippen LogP contribution is -2.18. The lowest BCUT2D eigenvalue weighted by atomic mass is 9.91. The van der Waals surface area contributed by atoms with E-state index in [0.29, 0.717) is 13.0 Å². The van der Waals surface area contributed by atoms with E-state index in [1.165, 1.54) is 5.56 Å². The minimum Gasteiger partial charge on any atom is -0.493 e. The number of hydrogen-bond acceptors (Lipinski definition) is 3. The first-order valence-electron chi connectivity index (χ1n) is 7.74. The van der Waals surface area contributed by atoms with E-state index >= 15 is 0 Å². The Bertz CT molecular complexity index is 649. The molecule has 3 nitrogen and oxygen atoms in total. The number of carbonyl (C=O) groups is 1. The Morgan fingerprint density at radius 2 is 2.05 bits per heavy atom. The summed E-state index contributed by atoms with van der Waals surface area (Å²) in [5.74, 6) is 0.545. The maximum atomic E-state index is 12.3. The maximum absolute atomic E-state index is 12.3. The van der Waals surface area contributed by atoms with Gasteiger partial charge in [0.15, 0.2) is 0 Å². The summed E-state index contributed by atoms with van der Waals surface area (Å²) < 4.78 is 10.8. The third-order valence-electron chi connectivity index (χ3n) is 3.97. The number of carbonyl (C=O) groups excluding carboxylic acids is 1. The highest BCUT2D eigenvalue weighted by Gasteiger charge is 2.23. The van der Waals surface area contributed by atoms with E-state index < -0.39 is 0 Å². The largest absolute Gasteiger partial charge is 0.493 e. The van der Waals surface area contributed by atoms with Crippen molar-refractivity contribution in [3.8, 4) is 5.75 Å². The molecule has 2 aromatic rings. The Morgan fingerprint density at radius 1 is 1.23 bits per heavy atom. The number of rotatable bonds is 5. The fourth-order valence-corrected chi connectivity index (χ4v) is 2.87. The molecule has 1 aliphatic rings. The first-order valence-corrected chi connectivity index (χ1v) is 7.74. The molecule has 1 atom stereocenters. The summed E-state index contributed by atoms with van der Waals surface area (Å²) in [5, 5.41) is 0. The van der Waals surface area contributed by atoms with Crippen LogP contribution in [0.2, 0.25) is 0 Å². The third kappa shape index (κ3) is 3.14. The van der Waals surface area contributed by atoms with Crippen molar-refractivity contribution in [2.24, 2.45) is 0 Å². The molecule has 3 rings (SSSR count). The SMILES string of the molecule is CCOC(=O)C(Cc1ccc2c(c1)CCO2)c1ccccc1. The molecule has 0 spiro atoms. The van der Waals surface area contributed by atoms with Crippen LogP contribution in [0.1, 0.15) is 29.5 Å². The molecule has 1 unspecified atom stereocenters. The van der Waals surface area contributed by atoms with Crippen molar-refractivity contribution in [1.82, 2.24) is 0 Å². The maximum Gasteiger partial charge on any atom is 0.313 e. The van der Waals surface area contributed by atoms with Gasteiger partial charge in [-0.2, -0.15) is 0 Å². The van der Waals surface area contributed by atoms with Gasteiger partial charge in [0.2, 0.25) is 0 Å². The summed E-state index contributed by atoms with van der Waals surface area (Å²) in [6.45, 7) is 2.99. The highest BCUT2D eigenvalue weighted by molar-refractivity contribution is 5.78. The molecular weight excluding hydrogens is 276 g/mol. The van der Waals surface area contributed by atoms with Gasteiger partial charge in [-0.05, 0) is 36.1 Å². The van der Waals surface area contributed by atoms with E-state index in [1.54, 1.807) is 0 Å². The summed E-state index contributed by atoms with van der Waals surface area (Å²) in [6.07, 6.45) is 1.59. The topological polar surface area (TPSA) is 35.5 Å². The molecule has 0 saturated carbocycles. The van der Waals surface area contributed by atoms with Gasteiger partial charge < -0.3 is 9.47 Å². The summed E-state index contributed by atoms with van der Waals surface area (Å²) in [7, 11) is 0. The Morgan fingerprint density at radius 3 is 2.82 bits per heavy atom. The van der Waals surface area contributed by atoms with Gasteiger partial charge in [0.25, 0.3) is 0 Å². The molecule has 0 N–H and O–H groups in total. The molecule has 0 fully saturated rings. The quantitative estimate of drug-likeness (QED) is 0.792. The Balaban J connectivity index is 1.85. The fourth-order valence-electron chi connectivity index (χ4n) is 2.87. The molecule has 0 amide bonds. The predicted octanol–water partition coefficient (Wildman–Crippen LogP) is 3.51. The van der Waals surface area contributed by atoms with Crippen LogP contribution >= 0.6 is 0 Å². The minimum atomic E-state index is -0.262. The van der Waals surface area contributed by atoms with Crippen LogP contribution in [0.3, 0.4) is 0 Å². The smallest absolute Gasteiger partial charge is 0.313 e. The van der Waals surface area contributed by atoms with Crippen LogP contribution in [0.15, 0.2) is 48.5 Å². The van der Waals surface area contributed by atoms with E-state index in [-0.39, 0.29) is 11.9 Å². The zero-order valence-electron chi connectivity index (χ0n) is 12.7. The lowest BCUT2D eigenvalue weighted by molar-refractivity contribution is -0.144. The molecule has 0 aromatic heterocycles. The van der Waals surface area contributed by atoms with Crippen LogP contribution in [-0.4, -0.2) is 19.2 Å².